The molecule has 1 atom stereocenters. The number of hydrogen-bond donors (Lipinski definition) is 1. The van der Waals surface area contributed by atoms with Crippen molar-refractivity contribution in [1.82, 2.24) is 0 Å². The molecule has 0 unspecified atom stereocenters. The number of aliphatic hydroxyl groups is 1. The molecule has 0 aliphatic heterocycles. The highest BCUT2D eigenvalue weighted by Crippen LogP contribution is 2.27. The third kappa shape index (κ3) is 1.85. The van der Waals surface area contributed by atoms with Gasteiger partial charge in [-0.1, -0.05) is 0 Å². The molecule has 0 aliphatic rings. The van der Waals surface area contributed by atoms with Gasteiger partial charge in [-0.2, -0.15) is 0 Å². The van der Waals surface area contributed by atoms with E-state index in [2.05, 4.69) is 0 Å². The van der Waals surface area contributed by atoms with Crippen LogP contribution >= 0.6 is 0 Å². The van der Waals surface area contributed by atoms with Crippen LogP contribution in [0.3, 0.4) is 0 Å². The van der Waals surface area contributed by atoms with Gasteiger partial charge in [0.1, 0.15) is 0 Å². The minimum Gasteiger partial charge on any atom is -0.388 e. The largest absolute Gasteiger partial charge is 0.388 e. The van der Waals surface area contributed by atoms with E-state index in [1.54, 1.807) is 0 Å². The quantitative estimate of drug-likeness (QED) is 0.590. The van der Waals surface area contributed by atoms with Gasteiger partial charge in [-0.25, -0.2) is 8.78 Å². The smallest absolute Gasteiger partial charge is 0.278 e. The molecule has 1 N–H and O–H groups in total. The topological polar surface area (TPSA) is 63.4 Å². The van der Waals surface area contributed by atoms with E-state index in [0.29, 0.717) is 12.1 Å². The number of nitrogens with zero attached hydrogens (tertiary/aromatic N) is 1. The van der Waals surface area contributed by atoms with Gasteiger partial charge in [-0.15, -0.1) is 0 Å². The zero-order chi connectivity index (χ0) is 10.9. The molecule has 14 heavy (non-hydrogen) atoms. The predicted octanol–water partition coefficient (Wildman–Crippen LogP) is 1.93. The third-order valence-electron chi connectivity index (χ3n) is 1.72. The van der Waals surface area contributed by atoms with Crippen molar-refractivity contribution >= 4 is 5.69 Å². The fourth-order valence-electron chi connectivity index (χ4n) is 1.04. The molecule has 0 radical (unpaired) electrons. The monoisotopic (exact) mass is 203 g/mol. The van der Waals surface area contributed by atoms with Crippen molar-refractivity contribution in [1.29, 1.82) is 0 Å². The van der Waals surface area contributed by atoms with Gasteiger partial charge in [0.05, 0.1) is 22.7 Å². The van der Waals surface area contributed by atoms with E-state index in [-0.39, 0.29) is 5.56 Å². The summed E-state index contributed by atoms with van der Waals surface area (Å²) in [5.41, 5.74) is -0.868. The second-order valence-electron chi connectivity index (χ2n) is 2.76. The van der Waals surface area contributed by atoms with Crippen molar-refractivity contribution in [2.24, 2.45) is 0 Å². The van der Waals surface area contributed by atoms with Crippen LogP contribution in [0.15, 0.2) is 12.1 Å². The lowest BCUT2D eigenvalue weighted by Gasteiger charge is -2.05. The molecule has 0 aromatic heterocycles. The Morgan fingerprint density at radius 2 is 1.93 bits per heavy atom. The molecule has 0 saturated carbocycles. The second kappa shape index (κ2) is 3.67. The molecule has 0 spiro atoms. The Balaban J connectivity index is 3.39. The first-order valence-electron chi connectivity index (χ1n) is 3.75. The molecule has 0 saturated heterocycles. The van der Waals surface area contributed by atoms with Crippen molar-refractivity contribution in [3.63, 3.8) is 0 Å². The lowest BCUT2D eigenvalue weighted by molar-refractivity contribution is -0.386. The van der Waals surface area contributed by atoms with E-state index >= 15 is 0 Å². The summed E-state index contributed by atoms with van der Waals surface area (Å²) in [6.07, 6.45) is -1.22. The minimum absolute atomic E-state index is 0.242. The molecule has 4 nitrogen and oxygen atoms in total. The first-order valence-corrected chi connectivity index (χ1v) is 3.75. The van der Waals surface area contributed by atoms with Crippen molar-refractivity contribution in [2.75, 3.05) is 0 Å². The van der Waals surface area contributed by atoms with Gasteiger partial charge in [0, 0.05) is 0 Å². The Bertz CT molecular complexity index is 379. The fourth-order valence-corrected chi connectivity index (χ4v) is 1.04. The van der Waals surface area contributed by atoms with Crippen LogP contribution in [0.4, 0.5) is 14.5 Å². The minimum atomic E-state index is -1.30. The summed E-state index contributed by atoms with van der Waals surface area (Å²) in [5, 5.41) is 19.5. The maximum absolute atomic E-state index is 12.7. The number of hydrogen-bond acceptors (Lipinski definition) is 3. The SMILES string of the molecule is C[C@@H](O)c1cc(F)c(F)cc1[N+](=O)[O-]. The van der Waals surface area contributed by atoms with E-state index in [9.17, 15) is 18.9 Å². The number of nitro benzene ring substituents is 1. The first kappa shape index (κ1) is 10.5. The summed E-state index contributed by atoms with van der Waals surface area (Å²) in [7, 11) is 0. The molecule has 0 heterocycles. The van der Waals surface area contributed by atoms with Gasteiger partial charge in [0.25, 0.3) is 5.69 Å². The molecule has 1 aromatic rings. The molecule has 1 rings (SSSR count). The lowest BCUT2D eigenvalue weighted by Crippen LogP contribution is -2.01. The third-order valence-corrected chi connectivity index (χ3v) is 1.72. The van der Waals surface area contributed by atoms with Crippen molar-refractivity contribution in [3.8, 4) is 0 Å². The lowest BCUT2D eigenvalue weighted by atomic mass is 10.1. The number of rotatable bonds is 2. The van der Waals surface area contributed by atoms with E-state index < -0.39 is 28.3 Å². The Labute approximate surface area is 77.9 Å². The maximum Gasteiger partial charge on any atom is 0.278 e. The molecule has 0 amide bonds. The standard InChI is InChI=1S/C8H7F2NO3/c1-4(12)5-2-6(9)7(10)3-8(5)11(13)14/h2-4,12H,1H3/t4-/m1/s1. The van der Waals surface area contributed by atoms with Gasteiger partial charge in [-0.3, -0.25) is 10.1 Å². The highest BCUT2D eigenvalue weighted by molar-refractivity contribution is 5.42. The van der Waals surface area contributed by atoms with E-state index in [4.69, 9.17) is 5.11 Å². The van der Waals surface area contributed by atoms with Crippen LogP contribution < -0.4 is 0 Å². The summed E-state index contributed by atoms with van der Waals surface area (Å²) >= 11 is 0. The van der Waals surface area contributed by atoms with Gasteiger partial charge < -0.3 is 5.11 Å². The molecular weight excluding hydrogens is 196 g/mol. The molecule has 0 aliphatic carbocycles. The van der Waals surface area contributed by atoms with Gasteiger partial charge in [-0.05, 0) is 13.0 Å². The van der Waals surface area contributed by atoms with Crippen LogP contribution in [0.1, 0.15) is 18.6 Å². The molecule has 1 aromatic carbocycles. The van der Waals surface area contributed by atoms with E-state index in [1.165, 1.54) is 6.92 Å². The van der Waals surface area contributed by atoms with Crippen LogP contribution in [0.2, 0.25) is 0 Å². The average molecular weight is 203 g/mol. The predicted molar refractivity (Wildman–Crippen MR) is 43.6 cm³/mol. The van der Waals surface area contributed by atoms with Gasteiger partial charge in [0.2, 0.25) is 0 Å². The number of aliphatic hydroxyl groups excluding tert-OH is 1. The van der Waals surface area contributed by atoms with Crippen LogP contribution in [0.5, 0.6) is 0 Å². The summed E-state index contributed by atoms with van der Waals surface area (Å²) < 4.78 is 25.3. The number of halogens is 2. The molecule has 0 fully saturated rings. The Morgan fingerprint density at radius 3 is 2.36 bits per heavy atom. The van der Waals surface area contributed by atoms with Crippen LogP contribution in [-0.2, 0) is 0 Å². The Kier molecular flexibility index (Phi) is 2.76. The van der Waals surface area contributed by atoms with Crippen molar-refractivity contribution in [3.05, 3.63) is 39.4 Å². The van der Waals surface area contributed by atoms with Crippen molar-refractivity contribution < 1.29 is 18.8 Å². The highest BCUT2D eigenvalue weighted by Gasteiger charge is 2.21. The zero-order valence-electron chi connectivity index (χ0n) is 7.20. The second-order valence-corrected chi connectivity index (χ2v) is 2.76. The van der Waals surface area contributed by atoms with E-state index in [0.717, 1.165) is 0 Å². The summed E-state index contributed by atoms with van der Waals surface area (Å²) in [5.74, 6) is -2.52. The first-order chi connectivity index (χ1) is 6.43. The zero-order valence-corrected chi connectivity index (χ0v) is 7.20. The normalized spacial score (nSPS) is 12.6. The maximum atomic E-state index is 12.7. The molecule has 0 bridgehead atoms. The summed E-state index contributed by atoms with van der Waals surface area (Å²) in [6.45, 7) is 1.24. The number of nitro groups is 1. The molecule has 6 heteroatoms. The summed E-state index contributed by atoms with van der Waals surface area (Å²) in [4.78, 5) is 9.52. The number of benzene rings is 1. The van der Waals surface area contributed by atoms with Gasteiger partial charge in [0.15, 0.2) is 11.6 Å². The Morgan fingerprint density at radius 1 is 1.43 bits per heavy atom. The van der Waals surface area contributed by atoms with Crippen LogP contribution in [-0.4, -0.2) is 10.0 Å². The van der Waals surface area contributed by atoms with E-state index in [1.807, 2.05) is 0 Å². The molecular formula is C8H7F2NO3. The van der Waals surface area contributed by atoms with Crippen LogP contribution in [0, 0.1) is 21.7 Å². The fraction of sp³-hybridized carbons (Fsp3) is 0.250. The average Bonchev–Trinajstić information content (AvgIpc) is 2.08. The highest BCUT2D eigenvalue weighted by atomic mass is 19.2. The molecule has 76 valence electrons. The summed E-state index contributed by atoms with van der Waals surface area (Å²) in [6, 6.07) is 1.08. The van der Waals surface area contributed by atoms with Gasteiger partial charge >= 0.3 is 0 Å². The van der Waals surface area contributed by atoms with Crippen molar-refractivity contribution in [2.45, 2.75) is 13.0 Å². The Hall–Kier alpha value is -1.56. The van der Waals surface area contributed by atoms with Crippen LogP contribution in [0.25, 0.3) is 0 Å².